The van der Waals surface area contributed by atoms with Crippen molar-refractivity contribution in [3.8, 4) is 28.4 Å². The van der Waals surface area contributed by atoms with Gasteiger partial charge in [0.15, 0.2) is 0 Å². The second-order valence-corrected chi connectivity index (χ2v) is 21.1. The lowest BCUT2D eigenvalue weighted by atomic mass is 9.77. The third kappa shape index (κ3) is 8.09. The van der Waals surface area contributed by atoms with Gasteiger partial charge in [-0.15, -0.1) is 0 Å². The molecule has 0 amide bonds. The number of hydrogen-bond donors (Lipinski definition) is 0. The molecule has 9 rings (SSSR count). The van der Waals surface area contributed by atoms with E-state index in [1.807, 2.05) is 6.20 Å². The van der Waals surface area contributed by atoms with Gasteiger partial charge in [0.1, 0.15) is 17.3 Å². The molecule has 0 unspecified atom stereocenters. The van der Waals surface area contributed by atoms with Gasteiger partial charge in [-0.25, -0.2) is 4.98 Å². The maximum Gasteiger partial charge on any atom is 0.137 e. The van der Waals surface area contributed by atoms with Crippen LogP contribution >= 0.6 is 0 Å². The summed E-state index contributed by atoms with van der Waals surface area (Å²) < 4.78 is 9.30. The molecule has 3 heterocycles. The normalized spacial score (nSPS) is 13.8. The van der Waals surface area contributed by atoms with E-state index in [0.717, 1.165) is 39.7 Å². The van der Waals surface area contributed by atoms with E-state index in [1.54, 1.807) is 0 Å². The van der Waals surface area contributed by atoms with Gasteiger partial charge in [-0.05, 0) is 92.7 Å². The molecule has 5 heteroatoms. The molecule has 0 aliphatic carbocycles. The largest absolute Gasteiger partial charge is 0.457 e. The standard InChI is InChI=1S/C59H62N4O/c1-56(2,3)43-29-30-60-54(34-43)63-51-28-19-18-27-49(51)55-50(57(4,5)6)36-48(37-52(55)63)64-47-26-20-25-45(35-47)62-39-61(38-53(62)58(7,8)9)46-32-41(40-21-14-12-15-22-40)31-44(33-46)59(10,11)42-23-16-13-17-24-42/h12-38H,39H2,1-11H3. The monoisotopic (exact) mass is 842 g/mol. The van der Waals surface area contributed by atoms with Gasteiger partial charge in [0.25, 0.3) is 0 Å². The predicted octanol–water partition coefficient (Wildman–Crippen LogP) is 15.7. The van der Waals surface area contributed by atoms with E-state index >= 15 is 0 Å². The highest BCUT2D eigenvalue weighted by Crippen LogP contribution is 2.45. The summed E-state index contributed by atoms with van der Waals surface area (Å²) in [6.07, 6.45) is 4.29. The number of hydrogen-bond acceptors (Lipinski definition) is 4. The molecule has 0 saturated heterocycles. The van der Waals surface area contributed by atoms with Crippen LogP contribution in [0.25, 0.3) is 38.8 Å². The summed E-state index contributed by atoms with van der Waals surface area (Å²) in [6, 6.07) is 54.8. The second-order valence-electron chi connectivity index (χ2n) is 21.1. The van der Waals surface area contributed by atoms with Crippen molar-refractivity contribution in [3.63, 3.8) is 0 Å². The van der Waals surface area contributed by atoms with E-state index in [1.165, 1.54) is 49.9 Å². The smallest absolute Gasteiger partial charge is 0.137 e. The molecule has 0 bridgehead atoms. The van der Waals surface area contributed by atoms with Gasteiger partial charge in [-0.2, -0.15) is 0 Å². The van der Waals surface area contributed by atoms with E-state index in [4.69, 9.17) is 9.72 Å². The van der Waals surface area contributed by atoms with Crippen LogP contribution in [0.15, 0.2) is 170 Å². The minimum absolute atomic E-state index is 0.0187. The Morgan fingerprint density at radius 3 is 1.91 bits per heavy atom. The fourth-order valence-corrected chi connectivity index (χ4v) is 9.24. The minimum atomic E-state index is -0.209. The molecule has 0 radical (unpaired) electrons. The SMILES string of the molecule is CC(C)(C)C1=CN(c2cc(-c3ccccc3)cc(C(C)(C)c3ccccc3)c2)CN1c1cccc(Oc2cc(C(C)(C)C)c3c4ccccc4n(-c4cc(C(C)(C)C)ccn4)c3c2)c1. The molecule has 0 spiro atoms. The molecule has 0 fully saturated rings. The fraction of sp³-hybridized carbons (Fsp3) is 0.271. The predicted molar refractivity (Wildman–Crippen MR) is 270 cm³/mol. The van der Waals surface area contributed by atoms with Gasteiger partial charge >= 0.3 is 0 Å². The molecule has 0 N–H and O–H groups in total. The summed E-state index contributed by atoms with van der Waals surface area (Å²) in [5.74, 6) is 2.49. The van der Waals surface area contributed by atoms with Crippen LogP contribution in [0.3, 0.4) is 0 Å². The van der Waals surface area contributed by atoms with Crippen molar-refractivity contribution in [1.29, 1.82) is 0 Å². The first-order chi connectivity index (χ1) is 30.4. The summed E-state index contributed by atoms with van der Waals surface area (Å²) in [6.45, 7) is 25.9. The van der Waals surface area contributed by atoms with E-state index in [0.29, 0.717) is 6.67 Å². The second kappa shape index (κ2) is 15.9. The zero-order valence-corrected chi connectivity index (χ0v) is 39.5. The van der Waals surface area contributed by atoms with Gasteiger partial charge in [0, 0.05) is 63.2 Å². The molecule has 0 saturated carbocycles. The first-order valence-corrected chi connectivity index (χ1v) is 22.7. The van der Waals surface area contributed by atoms with Crippen LogP contribution in [-0.4, -0.2) is 16.2 Å². The third-order valence-corrected chi connectivity index (χ3v) is 13.0. The Labute approximate surface area is 380 Å². The van der Waals surface area contributed by atoms with Crippen LogP contribution in [0.5, 0.6) is 11.5 Å². The van der Waals surface area contributed by atoms with Crippen molar-refractivity contribution in [2.75, 3.05) is 16.5 Å². The average Bonchev–Trinajstić information content (AvgIpc) is 3.87. The molecule has 2 aromatic heterocycles. The van der Waals surface area contributed by atoms with E-state index in [2.05, 4.69) is 248 Å². The number of rotatable bonds is 8. The molecular weight excluding hydrogens is 781 g/mol. The van der Waals surface area contributed by atoms with Crippen molar-refractivity contribution in [2.24, 2.45) is 5.41 Å². The number of aromatic nitrogens is 2. The number of anilines is 2. The lowest BCUT2D eigenvalue weighted by Crippen LogP contribution is -2.30. The van der Waals surface area contributed by atoms with Gasteiger partial charge in [-0.3, -0.25) is 4.57 Å². The van der Waals surface area contributed by atoms with Crippen LogP contribution < -0.4 is 14.5 Å². The molecule has 8 aromatic rings. The molecular formula is C59H62N4O. The quantitative estimate of drug-likeness (QED) is 0.153. The molecule has 64 heavy (non-hydrogen) atoms. The Hall–Kier alpha value is -6.59. The third-order valence-electron chi connectivity index (χ3n) is 13.0. The van der Waals surface area contributed by atoms with E-state index in [9.17, 15) is 0 Å². The van der Waals surface area contributed by atoms with E-state index < -0.39 is 0 Å². The Kier molecular flexibility index (Phi) is 10.6. The number of allylic oxidation sites excluding steroid dienone is 1. The van der Waals surface area contributed by atoms with Gasteiger partial charge in [-0.1, -0.05) is 167 Å². The zero-order chi connectivity index (χ0) is 45.2. The molecule has 6 aromatic carbocycles. The summed E-state index contributed by atoms with van der Waals surface area (Å²) in [7, 11) is 0. The van der Waals surface area contributed by atoms with Gasteiger partial charge < -0.3 is 14.5 Å². The first-order valence-electron chi connectivity index (χ1n) is 22.7. The lowest BCUT2D eigenvalue weighted by Gasteiger charge is -2.31. The Morgan fingerprint density at radius 2 is 1.20 bits per heavy atom. The topological polar surface area (TPSA) is 33.5 Å². The van der Waals surface area contributed by atoms with Crippen LogP contribution in [0.4, 0.5) is 11.4 Å². The van der Waals surface area contributed by atoms with Crippen molar-refractivity contribution >= 4 is 33.2 Å². The Morgan fingerprint density at radius 1 is 0.500 bits per heavy atom. The number of ether oxygens (including phenoxy) is 1. The number of fused-ring (bicyclic) bond motifs is 3. The molecule has 1 aliphatic rings. The van der Waals surface area contributed by atoms with Gasteiger partial charge in [0.05, 0.1) is 17.7 Å². The van der Waals surface area contributed by atoms with Crippen LogP contribution in [0.2, 0.25) is 0 Å². The molecule has 324 valence electrons. The van der Waals surface area contributed by atoms with Crippen molar-refractivity contribution in [2.45, 2.75) is 92.4 Å². The summed E-state index contributed by atoms with van der Waals surface area (Å²) in [5, 5.41) is 2.44. The lowest BCUT2D eigenvalue weighted by molar-refractivity contribution is 0.478. The summed E-state index contributed by atoms with van der Waals surface area (Å²) in [4.78, 5) is 9.83. The molecule has 1 aliphatic heterocycles. The summed E-state index contributed by atoms with van der Waals surface area (Å²) in [5.41, 5.74) is 12.6. The van der Waals surface area contributed by atoms with Crippen molar-refractivity contribution < 1.29 is 4.74 Å². The van der Waals surface area contributed by atoms with Crippen LogP contribution in [0.1, 0.15) is 98.4 Å². The summed E-state index contributed by atoms with van der Waals surface area (Å²) >= 11 is 0. The highest BCUT2D eigenvalue weighted by Gasteiger charge is 2.33. The van der Waals surface area contributed by atoms with Crippen molar-refractivity contribution in [1.82, 2.24) is 9.55 Å². The van der Waals surface area contributed by atoms with E-state index in [-0.39, 0.29) is 21.7 Å². The maximum absolute atomic E-state index is 6.99. The zero-order valence-electron chi connectivity index (χ0n) is 39.5. The van der Waals surface area contributed by atoms with Crippen molar-refractivity contribution in [3.05, 3.63) is 192 Å². The molecule has 5 nitrogen and oxygen atoms in total. The fourth-order valence-electron chi connectivity index (χ4n) is 9.24. The van der Waals surface area contributed by atoms with Crippen LogP contribution in [0, 0.1) is 5.41 Å². The molecule has 0 atom stereocenters. The number of nitrogens with zero attached hydrogens (tertiary/aromatic N) is 4. The van der Waals surface area contributed by atoms with Gasteiger partial charge in [0.2, 0.25) is 0 Å². The average molecular weight is 843 g/mol. The number of para-hydroxylation sites is 1. The Bertz CT molecular complexity index is 3030. The van der Waals surface area contributed by atoms with Crippen LogP contribution in [-0.2, 0) is 16.2 Å². The Balaban J connectivity index is 1.11. The minimum Gasteiger partial charge on any atom is -0.457 e. The highest BCUT2D eigenvalue weighted by atomic mass is 16.5. The highest BCUT2D eigenvalue weighted by molar-refractivity contribution is 6.11. The maximum atomic E-state index is 6.99. The number of benzene rings is 6. The number of pyridine rings is 1. The first kappa shape index (κ1) is 42.7.